The molecule has 11 heteroatoms. The molecule has 0 bridgehead atoms. The van der Waals surface area contributed by atoms with Gasteiger partial charge in [-0.05, 0) is 39.2 Å². The van der Waals surface area contributed by atoms with E-state index in [1.54, 1.807) is 71.6 Å². The van der Waals surface area contributed by atoms with E-state index in [-0.39, 0.29) is 17.7 Å². The summed E-state index contributed by atoms with van der Waals surface area (Å²) in [6, 6.07) is 4.93. The number of amides is 3. The maximum Gasteiger partial charge on any atom is 0.272 e. The van der Waals surface area contributed by atoms with Gasteiger partial charge in [-0.3, -0.25) is 14.4 Å². The van der Waals surface area contributed by atoms with Crippen molar-refractivity contribution in [3.05, 3.63) is 53.9 Å². The van der Waals surface area contributed by atoms with Crippen LogP contribution < -0.4 is 21.7 Å². The van der Waals surface area contributed by atoms with Crippen molar-refractivity contribution in [2.75, 3.05) is 37.8 Å². The number of aromatic nitrogens is 3. The molecule has 11 nitrogen and oxygen atoms in total. The van der Waals surface area contributed by atoms with Gasteiger partial charge in [-0.15, -0.1) is 0 Å². The number of nitrogens with one attached hydrogen (secondary N) is 3. The molecule has 6 N–H and O–H groups in total. The van der Waals surface area contributed by atoms with Gasteiger partial charge in [-0.2, -0.15) is 0 Å². The zero-order chi connectivity index (χ0) is 25.0. The highest BCUT2D eigenvalue weighted by Crippen LogP contribution is 2.18. The van der Waals surface area contributed by atoms with Crippen molar-refractivity contribution >= 4 is 34.8 Å². The third kappa shape index (κ3) is 5.94. The molecule has 0 unspecified atom stereocenters. The first-order valence-electron chi connectivity index (χ1n) is 10.9. The van der Waals surface area contributed by atoms with Crippen LogP contribution in [0.2, 0.25) is 0 Å². The fraction of sp³-hybridized carbons (Fsp3) is 0.348. The highest BCUT2D eigenvalue weighted by molar-refractivity contribution is 6.07. The first-order chi connectivity index (χ1) is 16.0. The van der Waals surface area contributed by atoms with Gasteiger partial charge in [0, 0.05) is 46.1 Å². The van der Waals surface area contributed by atoms with Crippen LogP contribution in [0.15, 0.2) is 36.8 Å². The third-order valence-corrected chi connectivity index (χ3v) is 5.35. The van der Waals surface area contributed by atoms with Crippen molar-refractivity contribution in [1.82, 2.24) is 23.9 Å². The number of anilines is 2. The van der Waals surface area contributed by atoms with Crippen LogP contribution in [0.4, 0.5) is 17.1 Å². The second-order valence-electron chi connectivity index (χ2n) is 8.62. The van der Waals surface area contributed by atoms with Crippen molar-refractivity contribution in [3.8, 4) is 0 Å². The lowest BCUT2D eigenvalue weighted by Gasteiger charge is -2.10. The molecule has 182 valence electrons. The number of rotatable bonds is 9. The van der Waals surface area contributed by atoms with Gasteiger partial charge in [-0.25, -0.2) is 0 Å². The lowest BCUT2D eigenvalue weighted by molar-refractivity contribution is -0.254. The van der Waals surface area contributed by atoms with Gasteiger partial charge in [0.05, 0.1) is 17.6 Å². The number of carbonyl (C=O) groups excluding carboxylic acids is 3. The van der Waals surface area contributed by atoms with Crippen LogP contribution in [0, 0.1) is 0 Å². The van der Waals surface area contributed by atoms with Crippen molar-refractivity contribution in [2.45, 2.75) is 6.42 Å². The topological polar surface area (TPSA) is 133 Å². The summed E-state index contributed by atoms with van der Waals surface area (Å²) in [5.41, 5.74) is 6.85. The van der Waals surface area contributed by atoms with Crippen LogP contribution in [-0.4, -0.2) is 63.5 Å². The molecule has 34 heavy (non-hydrogen) atoms. The smallest absolute Gasteiger partial charge is 0.272 e. The van der Waals surface area contributed by atoms with E-state index in [0.29, 0.717) is 35.0 Å². The molecule has 0 spiro atoms. The average molecular weight is 470 g/mol. The SMILES string of the molecule is CN(C)CCCNC(=O)c1cc(NC(=O)c2cc(NC(=O)c3cc([NH3+])cn3C)cn2C)cn1C. The van der Waals surface area contributed by atoms with Crippen molar-refractivity contribution in [1.29, 1.82) is 0 Å². The molecule has 0 radical (unpaired) electrons. The van der Waals surface area contributed by atoms with E-state index in [2.05, 4.69) is 26.6 Å². The van der Waals surface area contributed by atoms with Gasteiger partial charge >= 0.3 is 0 Å². The van der Waals surface area contributed by atoms with E-state index in [0.717, 1.165) is 18.7 Å². The molecular weight excluding hydrogens is 436 g/mol. The monoisotopic (exact) mass is 469 g/mol. The molecule has 0 fully saturated rings. The van der Waals surface area contributed by atoms with E-state index in [1.165, 1.54) is 0 Å². The largest absolute Gasteiger partial charge is 0.351 e. The van der Waals surface area contributed by atoms with Gasteiger partial charge in [0.2, 0.25) is 0 Å². The summed E-state index contributed by atoms with van der Waals surface area (Å²) in [5.74, 6) is -0.846. The van der Waals surface area contributed by atoms with Crippen LogP contribution in [0.25, 0.3) is 0 Å². The van der Waals surface area contributed by atoms with Gasteiger partial charge in [0.1, 0.15) is 22.8 Å². The minimum atomic E-state index is -0.356. The quantitative estimate of drug-likeness (QED) is 0.344. The van der Waals surface area contributed by atoms with Gasteiger partial charge in [-0.1, -0.05) is 0 Å². The maximum absolute atomic E-state index is 12.9. The molecule has 3 heterocycles. The van der Waals surface area contributed by atoms with Crippen LogP contribution >= 0.6 is 0 Å². The minimum absolute atomic E-state index is 0.197. The van der Waals surface area contributed by atoms with Crippen LogP contribution in [-0.2, 0) is 21.1 Å². The fourth-order valence-electron chi connectivity index (χ4n) is 3.65. The van der Waals surface area contributed by atoms with E-state index in [1.807, 2.05) is 14.1 Å². The molecule has 3 amide bonds. The van der Waals surface area contributed by atoms with Crippen LogP contribution in [0.1, 0.15) is 37.9 Å². The molecule has 0 aliphatic carbocycles. The number of quaternary nitrogens is 1. The Morgan fingerprint density at radius 2 is 1.26 bits per heavy atom. The van der Waals surface area contributed by atoms with E-state index < -0.39 is 0 Å². The Morgan fingerprint density at radius 3 is 1.74 bits per heavy atom. The Balaban J connectivity index is 1.63. The Morgan fingerprint density at radius 1 is 0.794 bits per heavy atom. The predicted octanol–water partition coefficient (Wildman–Crippen LogP) is 0.762. The summed E-state index contributed by atoms with van der Waals surface area (Å²) >= 11 is 0. The van der Waals surface area contributed by atoms with Crippen molar-refractivity contribution < 1.29 is 20.1 Å². The first kappa shape index (κ1) is 24.8. The lowest BCUT2D eigenvalue weighted by Crippen LogP contribution is -2.39. The first-order valence-corrected chi connectivity index (χ1v) is 10.9. The predicted molar refractivity (Wildman–Crippen MR) is 130 cm³/mol. The molecule has 3 aromatic heterocycles. The van der Waals surface area contributed by atoms with Gasteiger partial charge in [0.15, 0.2) is 0 Å². The third-order valence-electron chi connectivity index (χ3n) is 5.35. The highest BCUT2D eigenvalue weighted by atomic mass is 16.2. The summed E-state index contributed by atoms with van der Waals surface area (Å²) < 4.78 is 4.99. The summed E-state index contributed by atoms with van der Waals surface area (Å²) in [6.45, 7) is 1.45. The van der Waals surface area contributed by atoms with Gasteiger partial charge < -0.3 is 40.3 Å². The molecule has 0 aromatic carbocycles. The van der Waals surface area contributed by atoms with E-state index in [4.69, 9.17) is 0 Å². The van der Waals surface area contributed by atoms with Crippen LogP contribution in [0.3, 0.4) is 0 Å². The summed E-state index contributed by atoms with van der Waals surface area (Å²) in [5, 5.41) is 8.51. The number of nitrogens with zero attached hydrogens (tertiary/aromatic N) is 4. The molecule has 0 saturated carbocycles. The van der Waals surface area contributed by atoms with E-state index in [9.17, 15) is 14.4 Å². The fourth-order valence-corrected chi connectivity index (χ4v) is 3.65. The molecule has 0 aliphatic heterocycles. The Bertz CT molecular complexity index is 1200. The molecule has 0 saturated heterocycles. The van der Waals surface area contributed by atoms with Crippen molar-refractivity contribution in [3.63, 3.8) is 0 Å². The lowest BCUT2D eigenvalue weighted by atomic mass is 10.3. The summed E-state index contributed by atoms with van der Waals surface area (Å²) in [7, 11) is 9.21. The second kappa shape index (κ2) is 10.4. The number of carbonyl (C=O) groups is 3. The number of hydrogen-bond acceptors (Lipinski definition) is 4. The van der Waals surface area contributed by atoms with Crippen LogP contribution in [0.5, 0.6) is 0 Å². The maximum atomic E-state index is 12.9. The Kier molecular flexibility index (Phi) is 7.59. The second-order valence-corrected chi connectivity index (χ2v) is 8.62. The zero-order valence-corrected chi connectivity index (χ0v) is 20.3. The average Bonchev–Trinajstić information content (AvgIpc) is 3.41. The van der Waals surface area contributed by atoms with E-state index >= 15 is 0 Å². The molecular formula is C23H33N8O3+. The Hall–Kier alpha value is -3.83. The van der Waals surface area contributed by atoms with Crippen molar-refractivity contribution in [2.24, 2.45) is 21.1 Å². The summed E-state index contributed by atoms with van der Waals surface area (Å²) in [4.78, 5) is 39.9. The zero-order valence-electron chi connectivity index (χ0n) is 20.3. The molecule has 0 aliphatic rings. The Labute approximate surface area is 198 Å². The molecule has 3 rings (SSSR count). The minimum Gasteiger partial charge on any atom is -0.351 e. The normalized spacial score (nSPS) is 11.0. The standard InChI is InChI=1S/C23H32N8O3/c1-28(2)8-6-7-25-21(32)19-10-16(13-30(19)4)27-23(34)20-11-17(14-31(20)5)26-22(33)18-9-15(24)12-29(18)3/h9-14H,6-8,24H2,1-5H3,(H,25,32)(H,26,33)(H,27,34)/p+1. The highest BCUT2D eigenvalue weighted by Gasteiger charge is 2.18. The summed E-state index contributed by atoms with van der Waals surface area (Å²) in [6.07, 6.45) is 5.96. The number of hydrogen-bond donors (Lipinski definition) is 4. The molecule has 3 aromatic rings. The number of aryl methyl sites for hydroxylation is 3. The molecule has 0 atom stereocenters. The van der Waals surface area contributed by atoms with Gasteiger partial charge in [0.25, 0.3) is 17.7 Å².